The monoisotopic (exact) mass is 480 g/mol. The zero-order valence-electron chi connectivity index (χ0n) is 19.2. The van der Waals surface area contributed by atoms with E-state index in [4.69, 9.17) is 9.47 Å². The molecule has 0 spiro atoms. The molecule has 4 rings (SSSR count). The molecule has 178 valence electrons. The molecule has 3 aromatic rings. The van der Waals surface area contributed by atoms with E-state index in [1.54, 1.807) is 36.4 Å². The minimum atomic E-state index is -4.01. The maximum Gasteiger partial charge on any atom is 0.264 e. The molecule has 0 aliphatic carbocycles. The van der Waals surface area contributed by atoms with E-state index < -0.39 is 15.9 Å². The lowest BCUT2D eigenvalue weighted by molar-refractivity contribution is -0.120. The Balaban J connectivity index is 1.64. The summed E-state index contributed by atoms with van der Waals surface area (Å²) < 4.78 is 39.5. The second kappa shape index (κ2) is 10.2. The van der Waals surface area contributed by atoms with Gasteiger partial charge in [-0.1, -0.05) is 55.0 Å². The molecular formula is C26H28N2O5S. The minimum absolute atomic E-state index is 0.100. The van der Waals surface area contributed by atoms with Crippen LogP contribution in [0.1, 0.15) is 30.5 Å². The van der Waals surface area contributed by atoms with Crippen molar-refractivity contribution in [2.24, 2.45) is 0 Å². The number of anilines is 1. The largest absolute Gasteiger partial charge is 0.486 e. The number of benzene rings is 3. The lowest BCUT2D eigenvalue weighted by Gasteiger charge is -2.27. The van der Waals surface area contributed by atoms with Gasteiger partial charge in [-0.15, -0.1) is 0 Å². The molecule has 1 aliphatic rings. The highest BCUT2D eigenvalue weighted by atomic mass is 32.2. The Labute approximate surface area is 200 Å². The van der Waals surface area contributed by atoms with Crippen molar-refractivity contribution in [2.45, 2.75) is 31.2 Å². The molecule has 1 unspecified atom stereocenters. The van der Waals surface area contributed by atoms with Crippen LogP contribution in [0.4, 0.5) is 5.69 Å². The van der Waals surface area contributed by atoms with E-state index >= 15 is 0 Å². The summed E-state index contributed by atoms with van der Waals surface area (Å²) in [5.74, 6) is 0.590. The van der Waals surface area contributed by atoms with Gasteiger partial charge in [0.25, 0.3) is 10.0 Å². The zero-order chi connectivity index (χ0) is 24.1. The number of hydrogen-bond acceptors (Lipinski definition) is 5. The fourth-order valence-corrected chi connectivity index (χ4v) is 5.25. The summed E-state index contributed by atoms with van der Waals surface area (Å²) in [7, 11) is -4.01. The van der Waals surface area contributed by atoms with Crippen LogP contribution in [0, 0.1) is 6.92 Å². The fourth-order valence-electron chi connectivity index (χ4n) is 3.81. The first-order chi connectivity index (χ1) is 16.4. The van der Waals surface area contributed by atoms with Crippen LogP contribution in [0.2, 0.25) is 0 Å². The molecule has 8 heteroatoms. The van der Waals surface area contributed by atoms with E-state index in [0.29, 0.717) is 36.8 Å². The summed E-state index contributed by atoms with van der Waals surface area (Å²) >= 11 is 0. The molecule has 0 bridgehead atoms. The van der Waals surface area contributed by atoms with Crippen LogP contribution in [-0.2, 0) is 14.8 Å². The molecule has 0 saturated carbocycles. The van der Waals surface area contributed by atoms with Crippen molar-refractivity contribution in [2.75, 3.05) is 24.1 Å². The predicted octanol–water partition coefficient (Wildman–Crippen LogP) is 4.23. The van der Waals surface area contributed by atoms with Crippen molar-refractivity contribution in [3.8, 4) is 11.5 Å². The number of carbonyl (C=O) groups is 1. The van der Waals surface area contributed by atoms with Gasteiger partial charge < -0.3 is 14.8 Å². The number of nitrogens with zero attached hydrogens (tertiary/aromatic N) is 1. The van der Waals surface area contributed by atoms with Crippen molar-refractivity contribution >= 4 is 21.6 Å². The Morgan fingerprint density at radius 2 is 1.65 bits per heavy atom. The second-order valence-electron chi connectivity index (χ2n) is 8.09. The van der Waals surface area contributed by atoms with Crippen molar-refractivity contribution in [3.05, 3.63) is 83.9 Å². The Hall–Kier alpha value is -3.52. The van der Waals surface area contributed by atoms with Gasteiger partial charge in [0, 0.05) is 6.07 Å². The molecule has 0 radical (unpaired) electrons. The molecule has 0 saturated heterocycles. The van der Waals surface area contributed by atoms with Crippen LogP contribution in [-0.4, -0.2) is 34.1 Å². The molecular weight excluding hydrogens is 452 g/mol. The third-order valence-electron chi connectivity index (χ3n) is 5.66. The van der Waals surface area contributed by atoms with Crippen LogP contribution in [0.5, 0.6) is 11.5 Å². The van der Waals surface area contributed by atoms with Gasteiger partial charge in [-0.3, -0.25) is 9.10 Å². The average molecular weight is 481 g/mol. The molecule has 1 heterocycles. The van der Waals surface area contributed by atoms with E-state index in [1.807, 2.05) is 38.1 Å². The SMILES string of the molecule is CCC(NC(=O)CN(c1ccc2c(c1)OCCO2)S(=O)(=O)c1ccccc1)c1ccc(C)cc1. The van der Waals surface area contributed by atoms with Crippen LogP contribution in [0.3, 0.4) is 0 Å². The Bertz CT molecular complexity index is 1240. The van der Waals surface area contributed by atoms with Gasteiger partial charge in [0.1, 0.15) is 19.8 Å². The fraction of sp³-hybridized carbons (Fsp3) is 0.269. The molecule has 1 amide bonds. The van der Waals surface area contributed by atoms with Crippen molar-refractivity contribution in [1.82, 2.24) is 5.32 Å². The van der Waals surface area contributed by atoms with Gasteiger partial charge >= 0.3 is 0 Å². The number of rotatable bonds is 8. The van der Waals surface area contributed by atoms with Crippen molar-refractivity contribution < 1.29 is 22.7 Å². The maximum atomic E-state index is 13.6. The first-order valence-corrected chi connectivity index (χ1v) is 12.7. The number of carbonyl (C=O) groups excluding carboxylic acids is 1. The van der Waals surface area contributed by atoms with Crippen molar-refractivity contribution in [1.29, 1.82) is 0 Å². The standard InChI is InChI=1S/C26H28N2O5S/c1-3-23(20-11-9-19(2)10-12-20)27-26(29)18-28(34(30,31)22-7-5-4-6-8-22)21-13-14-24-25(17-21)33-16-15-32-24/h4-14,17,23H,3,15-16,18H2,1-2H3,(H,27,29). The van der Waals surface area contributed by atoms with Crippen LogP contribution in [0.15, 0.2) is 77.7 Å². The molecule has 1 aliphatic heterocycles. The van der Waals surface area contributed by atoms with E-state index in [-0.39, 0.29) is 17.5 Å². The number of nitrogens with one attached hydrogen (secondary N) is 1. The molecule has 1 atom stereocenters. The van der Waals surface area contributed by atoms with Crippen LogP contribution < -0.4 is 19.1 Å². The maximum absolute atomic E-state index is 13.6. The topological polar surface area (TPSA) is 84.9 Å². The minimum Gasteiger partial charge on any atom is -0.486 e. The third-order valence-corrected chi connectivity index (χ3v) is 7.44. The third kappa shape index (κ3) is 5.17. The Morgan fingerprint density at radius 1 is 0.971 bits per heavy atom. The molecule has 7 nitrogen and oxygen atoms in total. The lowest BCUT2D eigenvalue weighted by Crippen LogP contribution is -2.42. The van der Waals surface area contributed by atoms with Gasteiger partial charge in [-0.05, 0) is 43.2 Å². The summed E-state index contributed by atoms with van der Waals surface area (Å²) in [6.45, 7) is 4.40. The number of aryl methyl sites for hydroxylation is 1. The number of ether oxygens (including phenoxy) is 2. The smallest absolute Gasteiger partial charge is 0.264 e. The first-order valence-electron chi connectivity index (χ1n) is 11.2. The van der Waals surface area contributed by atoms with E-state index in [2.05, 4.69) is 5.32 Å². The summed E-state index contributed by atoms with van der Waals surface area (Å²) in [4.78, 5) is 13.2. The highest BCUT2D eigenvalue weighted by Gasteiger charge is 2.29. The van der Waals surface area contributed by atoms with Crippen molar-refractivity contribution in [3.63, 3.8) is 0 Å². The quantitative estimate of drug-likeness (QED) is 0.522. The Kier molecular flexibility index (Phi) is 7.07. The summed E-state index contributed by atoms with van der Waals surface area (Å²) in [5, 5.41) is 2.99. The van der Waals surface area contributed by atoms with E-state index in [1.165, 1.54) is 12.1 Å². The number of sulfonamides is 1. The second-order valence-corrected chi connectivity index (χ2v) is 9.95. The number of fused-ring (bicyclic) bond motifs is 1. The summed E-state index contributed by atoms with van der Waals surface area (Å²) in [6, 6.07) is 20.7. The summed E-state index contributed by atoms with van der Waals surface area (Å²) in [6.07, 6.45) is 0.671. The summed E-state index contributed by atoms with van der Waals surface area (Å²) in [5.41, 5.74) is 2.42. The highest BCUT2D eigenvalue weighted by molar-refractivity contribution is 7.92. The Morgan fingerprint density at radius 3 is 2.32 bits per heavy atom. The average Bonchev–Trinajstić information content (AvgIpc) is 2.86. The highest BCUT2D eigenvalue weighted by Crippen LogP contribution is 2.35. The molecule has 34 heavy (non-hydrogen) atoms. The number of hydrogen-bond donors (Lipinski definition) is 1. The van der Waals surface area contributed by atoms with Crippen LogP contribution >= 0.6 is 0 Å². The molecule has 0 aromatic heterocycles. The van der Waals surface area contributed by atoms with Gasteiger partial charge in [-0.25, -0.2) is 8.42 Å². The van der Waals surface area contributed by atoms with Gasteiger partial charge in [0.05, 0.1) is 16.6 Å². The van der Waals surface area contributed by atoms with Gasteiger partial charge in [-0.2, -0.15) is 0 Å². The molecule has 3 aromatic carbocycles. The van der Waals surface area contributed by atoms with Gasteiger partial charge in [0.15, 0.2) is 11.5 Å². The van der Waals surface area contributed by atoms with E-state index in [0.717, 1.165) is 15.4 Å². The first kappa shape index (κ1) is 23.6. The predicted molar refractivity (Wildman–Crippen MR) is 131 cm³/mol. The van der Waals surface area contributed by atoms with Crippen LogP contribution in [0.25, 0.3) is 0 Å². The molecule has 1 N–H and O–H groups in total. The van der Waals surface area contributed by atoms with Gasteiger partial charge in [0.2, 0.25) is 5.91 Å². The number of amides is 1. The molecule has 0 fully saturated rings. The lowest BCUT2D eigenvalue weighted by atomic mass is 10.0. The zero-order valence-corrected chi connectivity index (χ0v) is 20.0. The van der Waals surface area contributed by atoms with E-state index in [9.17, 15) is 13.2 Å². The normalized spacial score (nSPS) is 13.7.